The highest BCUT2D eigenvalue weighted by atomic mass is 35.5. The molecular formula is C21H16Cl2N2O3S. The SMILES string of the molecule is Cc1ccc(NC(=O)CN2c3ccc(Cl)cc3-c3ccccc3S2(=O)=O)cc1Cl. The van der Waals surface area contributed by atoms with Gasteiger partial charge in [-0.1, -0.05) is 47.5 Å². The highest BCUT2D eigenvalue weighted by Gasteiger charge is 2.35. The van der Waals surface area contributed by atoms with Gasteiger partial charge in [-0.25, -0.2) is 8.42 Å². The lowest BCUT2D eigenvalue weighted by Gasteiger charge is -2.31. The molecule has 3 aromatic carbocycles. The summed E-state index contributed by atoms with van der Waals surface area (Å²) in [5.41, 5.74) is 3.01. The topological polar surface area (TPSA) is 66.5 Å². The van der Waals surface area contributed by atoms with Crippen molar-refractivity contribution in [2.45, 2.75) is 11.8 Å². The van der Waals surface area contributed by atoms with Crippen LogP contribution in [0.3, 0.4) is 0 Å². The van der Waals surface area contributed by atoms with Crippen LogP contribution in [0.4, 0.5) is 11.4 Å². The molecule has 148 valence electrons. The van der Waals surface area contributed by atoms with Crippen LogP contribution in [-0.2, 0) is 14.8 Å². The summed E-state index contributed by atoms with van der Waals surface area (Å²) < 4.78 is 27.6. The fourth-order valence-electron chi connectivity index (χ4n) is 3.28. The molecule has 5 nitrogen and oxygen atoms in total. The van der Waals surface area contributed by atoms with Crippen molar-refractivity contribution in [3.05, 3.63) is 76.3 Å². The van der Waals surface area contributed by atoms with Gasteiger partial charge in [0, 0.05) is 26.9 Å². The van der Waals surface area contributed by atoms with Crippen LogP contribution in [0, 0.1) is 6.92 Å². The van der Waals surface area contributed by atoms with Crippen LogP contribution in [0.1, 0.15) is 5.56 Å². The minimum Gasteiger partial charge on any atom is -0.324 e. The Morgan fingerprint density at radius 3 is 2.52 bits per heavy atom. The fraction of sp³-hybridized carbons (Fsp3) is 0.0952. The predicted octanol–water partition coefficient (Wildman–Crippen LogP) is 5.12. The Balaban J connectivity index is 1.72. The molecule has 0 unspecified atom stereocenters. The van der Waals surface area contributed by atoms with Crippen LogP contribution in [0.25, 0.3) is 11.1 Å². The number of rotatable bonds is 3. The number of carbonyl (C=O) groups is 1. The molecule has 4 rings (SSSR count). The summed E-state index contributed by atoms with van der Waals surface area (Å²) in [6.07, 6.45) is 0. The van der Waals surface area contributed by atoms with Crippen LogP contribution in [0.2, 0.25) is 10.0 Å². The Morgan fingerprint density at radius 1 is 1.00 bits per heavy atom. The summed E-state index contributed by atoms with van der Waals surface area (Å²) in [5.74, 6) is -0.478. The average Bonchev–Trinajstić information content (AvgIpc) is 2.68. The Labute approximate surface area is 178 Å². The number of fused-ring (bicyclic) bond motifs is 3. The molecule has 0 aromatic heterocycles. The predicted molar refractivity (Wildman–Crippen MR) is 116 cm³/mol. The van der Waals surface area contributed by atoms with Gasteiger partial charge in [-0.05, 0) is 48.9 Å². The molecule has 0 fully saturated rings. The number of amides is 1. The number of anilines is 2. The van der Waals surface area contributed by atoms with Crippen molar-refractivity contribution >= 4 is 50.5 Å². The van der Waals surface area contributed by atoms with Crippen molar-refractivity contribution < 1.29 is 13.2 Å². The monoisotopic (exact) mass is 446 g/mol. The molecule has 1 amide bonds. The number of carbonyl (C=O) groups excluding carboxylic acids is 1. The van der Waals surface area contributed by atoms with Gasteiger partial charge in [-0.2, -0.15) is 0 Å². The lowest BCUT2D eigenvalue weighted by Crippen LogP contribution is -2.40. The molecule has 0 bridgehead atoms. The maximum Gasteiger partial charge on any atom is 0.265 e. The molecule has 1 aliphatic rings. The molecule has 0 aliphatic carbocycles. The first-order chi connectivity index (χ1) is 13.8. The molecule has 1 heterocycles. The number of hydrogen-bond donors (Lipinski definition) is 1. The Bertz CT molecular complexity index is 1240. The summed E-state index contributed by atoms with van der Waals surface area (Å²) >= 11 is 12.2. The minimum atomic E-state index is -3.91. The van der Waals surface area contributed by atoms with Gasteiger partial charge >= 0.3 is 0 Å². The highest BCUT2D eigenvalue weighted by Crippen LogP contribution is 2.43. The number of aryl methyl sites for hydroxylation is 1. The summed E-state index contributed by atoms with van der Waals surface area (Å²) in [7, 11) is -3.91. The zero-order valence-corrected chi connectivity index (χ0v) is 17.6. The molecule has 29 heavy (non-hydrogen) atoms. The van der Waals surface area contributed by atoms with E-state index < -0.39 is 15.9 Å². The lowest BCUT2D eigenvalue weighted by molar-refractivity contribution is -0.114. The first-order valence-corrected chi connectivity index (χ1v) is 10.9. The Kier molecular flexibility index (Phi) is 5.02. The summed E-state index contributed by atoms with van der Waals surface area (Å²) in [5, 5.41) is 3.70. The normalized spacial score (nSPS) is 14.1. The van der Waals surface area contributed by atoms with Gasteiger partial charge in [0.2, 0.25) is 5.91 Å². The third kappa shape index (κ3) is 3.59. The molecule has 0 saturated carbocycles. The maximum atomic E-state index is 13.2. The number of benzene rings is 3. The zero-order chi connectivity index (χ0) is 20.8. The molecule has 3 aromatic rings. The van der Waals surface area contributed by atoms with E-state index in [4.69, 9.17) is 23.2 Å². The van der Waals surface area contributed by atoms with Crippen LogP contribution in [0.5, 0.6) is 0 Å². The van der Waals surface area contributed by atoms with Crippen molar-refractivity contribution in [3.8, 4) is 11.1 Å². The standard InChI is InChI=1S/C21H16Cl2N2O3S/c1-13-6-8-15(11-18(13)23)24-21(26)12-25-19-9-7-14(22)10-17(19)16-4-2-3-5-20(16)29(25,27)28/h2-11H,12H2,1H3,(H,24,26). The second-order valence-electron chi connectivity index (χ2n) is 6.68. The number of nitrogens with zero attached hydrogens (tertiary/aromatic N) is 1. The van der Waals surface area contributed by atoms with Crippen LogP contribution >= 0.6 is 23.2 Å². The molecule has 0 radical (unpaired) electrons. The van der Waals surface area contributed by atoms with E-state index in [2.05, 4.69) is 5.32 Å². The zero-order valence-electron chi connectivity index (χ0n) is 15.3. The average molecular weight is 447 g/mol. The van der Waals surface area contributed by atoms with Crippen LogP contribution in [-0.4, -0.2) is 20.9 Å². The van der Waals surface area contributed by atoms with Gasteiger partial charge in [-0.3, -0.25) is 9.10 Å². The highest BCUT2D eigenvalue weighted by molar-refractivity contribution is 7.93. The number of hydrogen-bond acceptors (Lipinski definition) is 3. The van der Waals surface area contributed by atoms with Gasteiger partial charge in [0.15, 0.2) is 0 Å². The smallest absolute Gasteiger partial charge is 0.265 e. The van der Waals surface area contributed by atoms with E-state index in [-0.39, 0.29) is 11.4 Å². The van der Waals surface area contributed by atoms with E-state index in [0.717, 1.165) is 9.87 Å². The summed E-state index contributed by atoms with van der Waals surface area (Å²) in [4.78, 5) is 12.8. The second-order valence-corrected chi connectivity index (χ2v) is 9.36. The first-order valence-electron chi connectivity index (χ1n) is 8.75. The van der Waals surface area contributed by atoms with Crippen LogP contribution < -0.4 is 9.62 Å². The van der Waals surface area contributed by atoms with E-state index in [0.29, 0.717) is 32.5 Å². The van der Waals surface area contributed by atoms with Crippen molar-refractivity contribution in [1.82, 2.24) is 0 Å². The van der Waals surface area contributed by atoms with E-state index in [1.165, 1.54) is 6.07 Å². The Morgan fingerprint density at radius 2 is 1.76 bits per heavy atom. The molecule has 0 atom stereocenters. The van der Waals surface area contributed by atoms with E-state index in [1.807, 2.05) is 6.92 Å². The van der Waals surface area contributed by atoms with E-state index in [9.17, 15) is 13.2 Å². The molecule has 0 spiro atoms. The molecule has 1 N–H and O–H groups in total. The van der Waals surface area contributed by atoms with Gasteiger partial charge in [-0.15, -0.1) is 0 Å². The largest absolute Gasteiger partial charge is 0.324 e. The molecule has 1 aliphatic heterocycles. The Hall–Kier alpha value is -2.54. The lowest BCUT2D eigenvalue weighted by atomic mass is 10.0. The van der Waals surface area contributed by atoms with Gasteiger partial charge < -0.3 is 5.32 Å². The fourth-order valence-corrected chi connectivity index (χ4v) is 5.28. The van der Waals surface area contributed by atoms with Gasteiger partial charge in [0.1, 0.15) is 6.54 Å². The summed E-state index contributed by atoms with van der Waals surface area (Å²) in [6, 6.07) is 16.7. The number of nitrogens with one attached hydrogen (secondary N) is 1. The number of halogens is 2. The van der Waals surface area contributed by atoms with Crippen LogP contribution in [0.15, 0.2) is 65.6 Å². The third-order valence-corrected chi connectivity index (χ3v) is 7.18. The second kappa shape index (κ2) is 7.37. The third-order valence-electron chi connectivity index (χ3n) is 4.72. The van der Waals surface area contributed by atoms with Gasteiger partial charge in [0.05, 0.1) is 10.6 Å². The minimum absolute atomic E-state index is 0.140. The van der Waals surface area contributed by atoms with Crippen molar-refractivity contribution in [1.29, 1.82) is 0 Å². The van der Waals surface area contributed by atoms with E-state index in [1.54, 1.807) is 54.6 Å². The molecule has 0 saturated heterocycles. The van der Waals surface area contributed by atoms with Crippen molar-refractivity contribution in [2.24, 2.45) is 0 Å². The summed E-state index contributed by atoms with van der Waals surface area (Å²) in [6.45, 7) is 1.48. The quantitative estimate of drug-likeness (QED) is 0.607. The maximum absolute atomic E-state index is 13.2. The van der Waals surface area contributed by atoms with Crippen molar-refractivity contribution in [2.75, 3.05) is 16.2 Å². The molecule has 8 heteroatoms. The number of sulfonamides is 1. The van der Waals surface area contributed by atoms with Gasteiger partial charge in [0.25, 0.3) is 10.0 Å². The van der Waals surface area contributed by atoms with E-state index >= 15 is 0 Å². The van der Waals surface area contributed by atoms with Crippen molar-refractivity contribution in [3.63, 3.8) is 0 Å². The molecular weight excluding hydrogens is 431 g/mol. The first kappa shape index (κ1) is 19.8.